The molecule has 0 fully saturated rings. The van der Waals surface area contributed by atoms with Gasteiger partial charge in [0.05, 0.1) is 0 Å². The second-order valence-corrected chi connectivity index (χ2v) is 3.74. The molecule has 0 N–H and O–H groups in total. The molecule has 0 saturated heterocycles. The van der Waals surface area contributed by atoms with E-state index in [1.54, 1.807) is 6.92 Å². The van der Waals surface area contributed by atoms with Crippen molar-refractivity contribution in [3.05, 3.63) is 11.1 Å². The van der Waals surface area contributed by atoms with E-state index in [-0.39, 0.29) is 0 Å². The quantitative estimate of drug-likeness (QED) is 0.556. The molecule has 1 aliphatic rings. The first-order chi connectivity index (χ1) is 5.09. The standard InChI is InChI=1S/C10H16O/c1-7-4-10(5-8(7)2)6-9(3)11/h10H,4-6H2,1-3H3. The highest BCUT2D eigenvalue weighted by atomic mass is 16.1. The number of ketones is 1. The highest BCUT2D eigenvalue weighted by molar-refractivity contribution is 5.75. The molecule has 0 aromatic heterocycles. The summed E-state index contributed by atoms with van der Waals surface area (Å²) in [6.07, 6.45) is 3.06. The first kappa shape index (κ1) is 8.51. The van der Waals surface area contributed by atoms with Crippen LogP contribution in [0.5, 0.6) is 0 Å². The van der Waals surface area contributed by atoms with Gasteiger partial charge in [-0.1, -0.05) is 11.1 Å². The van der Waals surface area contributed by atoms with Crippen molar-refractivity contribution in [3.8, 4) is 0 Å². The van der Waals surface area contributed by atoms with Gasteiger partial charge in [0.2, 0.25) is 0 Å². The van der Waals surface area contributed by atoms with Crippen molar-refractivity contribution in [2.75, 3.05) is 0 Å². The summed E-state index contributed by atoms with van der Waals surface area (Å²) in [6, 6.07) is 0. The van der Waals surface area contributed by atoms with Crippen molar-refractivity contribution in [1.82, 2.24) is 0 Å². The lowest BCUT2D eigenvalue weighted by molar-refractivity contribution is -0.117. The molecule has 0 radical (unpaired) electrons. The third kappa shape index (κ3) is 2.18. The van der Waals surface area contributed by atoms with E-state index in [9.17, 15) is 4.79 Å². The van der Waals surface area contributed by atoms with Crippen molar-refractivity contribution >= 4 is 5.78 Å². The Labute approximate surface area is 68.5 Å². The molecule has 1 nitrogen and oxygen atoms in total. The summed E-state index contributed by atoms with van der Waals surface area (Å²) in [5.41, 5.74) is 2.99. The first-order valence-corrected chi connectivity index (χ1v) is 4.24. The largest absolute Gasteiger partial charge is 0.300 e. The van der Waals surface area contributed by atoms with Crippen LogP contribution in [0.15, 0.2) is 11.1 Å². The van der Waals surface area contributed by atoms with Crippen LogP contribution < -0.4 is 0 Å². The van der Waals surface area contributed by atoms with E-state index in [4.69, 9.17) is 0 Å². The molecule has 1 heteroatoms. The van der Waals surface area contributed by atoms with Crippen LogP contribution in [0.1, 0.15) is 40.0 Å². The van der Waals surface area contributed by atoms with Crippen LogP contribution in [-0.2, 0) is 4.79 Å². The van der Waals surface area contributed by atoms with Gasteiger partial charge in [-0.15, -0.1) is 0 Å². The zero-order chi connectivity index (χ0) is 8.43. The Kier molecular flexibility index (Phi) is 2.48. The molecule has 0 spiro atoms. The average Bonchev–Trinajstić information content (AvgIpc) is 2.10. The fourth-order valence-corrected chi connectivity index (χ4v) is 1.84. The highest BCUT2D eigenvalue weighted by Gasteiger charge is 2.19. The highest BCUT2D eigenvalue weighted by Crippen LogP contribution is 2.32. The summed E-state index contributed by atoms with van der Waals surface area (Å²) in [6.45, 7) is 6.04. The van der Waals surface area contributed by atoms with E-state index in [1.807, 2.05) is 0 Å². The first-order valence-electron chi connectivity index (χ1n) is 4.24. The van der Waals surface area contributed by atoms with Gasteiger partial charge in [0, 0.05) is 6.42 Å². The summed E-state index contributed by atoms with van der Waals surface area (Å²) < 4.78 is 0. The van der Waals surface area contributed by atoms with Gasteiger partial charge in [-0.2, -0.15) is 0 Å². The fraction of sp³-hybridized carbons (Fsp3) is 0.700. The monoisotopic (exact) mass is 152 g/mol. The number of hydrogen-bond acceptors (Lipinski definition) is 1. The molecule has 0 atom stereocenters. The van der Waals surface area contributed by atoms with Crippen molar-refractivity contribution in [2.24, 2.45) is 5.92 Å². The molecule has 11 heavy (non-hydrogen) atoms. The minimum atomic E-state index is 0.331. The molecule has 1 aliphatic carbocycles. The molecular formula is C10H16O. The minimum absolute atomic E-state index is 0.331. The summed E-state index contributed by atoms with van der Waals surface area (Å²) in [4.78, 5) is 10.8. The maximum absolute atomic E-state index is 10.8. The van der Waals surface area contributed by atoms with E-state index in [0.717, 1.165) is 19.3 Å². The second kappa shape index (κ2) is 3.21. The molecule has 62 valence electrons. The second-order valence-electron chi connectivity index (χ2n) is 3.74. The Hall–Kier alpha value is -0.590. The van der Waals surface area contributed by atoms with Gasteiger partial charge in [0.15, 0.2) is 0 Å². The van der Waals surface area contributed by atoms with Crippen LogP contribution in [0.2, 0.25) is 0 Å². The third-order valence-corrected chi connectivity index (χ3v) is 2.49. The smallest absolute Gasteiger partial charge is 0.130 e. The zero-order valence-corrected chi connectivity index (χ0v) is 7.61. The van der Waals surface area contributed by atoms with E-state index in [0.29, 0.717) is 11.7 Å². The molecular weight excluding hydrogens is 136 g/mol. The van der Waals surface area contributed by atoms with Crippen molar-refractivity contribution in [2.45, 2.75) is 40.0 Å². The lowest BCUT2D eigenvalue weighted by Crippen LogP contribution is -2.01. The fourth-order valence-electron chi connectivity index (χ4n) is 1.84. The van der Waals surface area contributed by atoms with Gasteiger partial charge < -0.3 is 4.79 Å². The molecule has 0 amide bonds. The van der Waals surface area contributed by atoms with Crippen molar-refractivity contribution < 1.29 is 4.79 Å². The van der Waals surface area contributed by atoms with Crippen molar-refractivity contribution in [3.63, 3.8) is 0 Å². The Morgan fingerprint density at radius 2 is 1.82 bits per heavy atom. The number of carbonyl (C=O) groups excluding carboxylic acids is 1. The predicted molar refractivity (Wildman–Crippen MR) is 46.4 cm³/mol. The van der Waals surface area contributed by atoms with Crippen LogP contribution in [0.4, 0.5) is 0 Å². The zero-order valence-electron chi connectivity index (χ0n) is 7.61. The molecule has 0 aliphatic heterocycles. The van der Waals surface area contributed by atoms with Gasteiger partial charge in [-0.3, -0.25) is 0 Å². The molecule has 0 aromatic rings. The summed E-state index contributed by atoms with van der Waals surface area (Å²) >= 11 is 0. The molecule has 0 bridgehead atoms. The summed E-state index contributed by atoms with van der Waals surface area (Å²) in [5.74, 6) is 0.949. The SMILES string of the molecule is CC(=O)CC1CC(C)=C(C)C1. The van der Waals surface area contributed by atoms with Gasteiger partial charge in [-0.05, 0) is 39.5 Å². The van der Waals surface area contributed by atoms with E-state index < -0.39 is 0 Å². The van der Waals surface area contributed by atoms with Gasteiger partial charge in [0.1, 0.15) is 5.78 Å². The number of hydrogen-bond donors (Lipinski definition) is 0. The van der Waals surface area contributed by atoms with Crippen LogP contribution in [0.25, 0.3) is 0 Å². The maximum Gasteiger partial charge on any atom is 0.130 e. The summed E-state index contributed by atoms with van der Waals surface area (Å²) in [5, 5.41) is 0. The maximum atomic E-state index is 10.8. The topological polar surface area (TPSA) is 17.1 Å². The minimum Gasteiger partial charge on any atom is -0.300 e. The number of rotatable bonds is 2. The van der Waals surface area contributed by atoms with Crippen LogP contribution >= 0.6 is 0 Å². The normalized spacial score (nSPS) is 19.5. The van der Waals surface area contributed by atoms with Gasteiger partial charge in [-0.25, -0.2) is 0 Å². The summed E-state index contributed by atoms with van der Waals surface area (Å²) in [7, 11) is 0. The molecule has 0 heterocycles. The van der Waals surface area contributed by atoms with E-state index in [2.05, 4.69) is 13.8 Å². The van der Waals surface area contributed by atoms with Crippen LogP contribution in [-0.4, -0.2) is 5.78 Å². The lowest BCUT2D eigenvalue weighted by atomic mass is 9.99. The third-order valence-electron chi connectivity index (χ3n) is 2.49. The average molecular weight is 152 g/mol. The Morgan fingerprint density at radius 1 is 1.36 bits per heavy atom. The Morgan fingerprint density at radius 3 is 2.18 bits per heavy atom. The van der Waals surface area contributed by atoms with Gasteiger partial charge >= 0.3 is 0 Å². The number of carbonyl (C=O) groups is 1. The molecule has 1 rings (SSSR count). The molecule has 0 saturated carbocycles. The number of Topliss-reactive ketones (excluding diaryl/α,β-unsaturated/α-hetero) is 1. The molecule has 0 aromatic carbocycles. The lowest BCUT2D eigenvalue weighted by Gasteiger charge is -2.05. The van der Waals surface area contributed by atoms with E-state index >= 15 is 0 Å². The Bertz CT molecular complexity index is 187. The number of allylic oxidation sites excluding steroid dienone is 2. The van der Waals surface area contributed by atoms with Crippen molar-refractivity contribution in [1.29, 1.82) is 0 Å². The Balaban J connectivity index is 2.42. The van der Waals surface area contributed by atoms with E-state index in [1.165, 1.54) is 11.1 Å². The van der Waals surface area contributed by atoms with Crippen LogP contribution in [0, 0.1) is 5.92 Å². The molecule has 0 unspecified atom stereocenters. The predicted octanol–water partition coefficient (Wildman–Crippen LogP) is 2.71. The van der Waals surface area contributed by atoms with Gasteiger partial charge in [0.25, 0.3) is 0 Å². The van der Waals surface area contributed by atoms with Crippen LogP contribution in [0.3, 0.4) is 0 Å².